The second-order valence-electron chi connectivity index (χ2n) is 7.30. The molecule has 0 radical (unpaired) electrons. The molecule has 2 aliphatic heterocycles. The van der Waals surface area contributed by atoms with E-state index in [4.69, 9.17) is 21.1 Å². The van der Waals surface area contributed by atoms with Crippen molar-refractivity contribution in [1.82, 2.24) is 10.3 Å². The number of nitrogens with one attached hydrogen (secondary N) is 1. The van der Waals surface area contributed by atoms with Gasteiger partial charge in [0.25, 0.3) is 0 Å². The quantitative estimate of drug-likeness (QED) is 0.834. The number of likely N-dealkylation sites (tertiary alicyclic amines) is 1. The van der Waals surface area contributed by atoms with Crippen molar-refractivity contribution in [3.05, 3.63) is 22.7 Å². The molecule has 5 nitrogen and oxygen atoms in total. The molecule has 0 spiro atoms. The molecule has 138 valence electrons. The molecule has 0 aliphatic carbocycles. The average molecular weight is 366 g/mol. The van der Waals surface area contributed by atoms with E-state index in [0.29, 0.717) is 41.6 Å². The Hall–Kier alpha value is -1.46. The number of ether oxygens (including phenoxy) is 2. The summed E-state index contributed by atoms with van der Waals surface area (Å²) in [6.45, 7) is 9.46. The molecule has 25 heavy (non-hydrogen) atoms. The molecule has 1 aromatic rings. The predicted octanol–water partition coefficient (Wildman–Crippen LogP) is 3.73. The molecular formula is C19H28ClN3O2. The monoisotopic (exact) mass is 365 g/mol. The van der Waals surface area contributed by atoms with Gasteiger partial charge in [-0.3, -0.25) is 0 Å². The van der Waals surface area contributed by atoms with Gasteiger partial charge >= 0.3 is 0 Å². The van der Waals surface area contributed by atoms with E-state index in [0.717, 1.165) is 25.1 Å². The lowest BCUT2D eigenvalue weighted by Crippen LogP contribution is -2.39. The molecule has 3 rings (SSSR count). The minimum atomic E-state index is 0.133. The van der Waals surface area contributed by atoms with Crippen molar-refractivity contribution >= 4 is 17.3 Å². The molecule has 0 amide bonds. The average Bonchev–Trinajstić information content (AvgIpc) is 2.97. The van der Waals surface area contributed by atoms with Crippen molar-refractivity contribution in [2.75, 3.05) is 33.4 Å². The van der Waals surface area contributed by atoms with Crippen LogP contribution in [-0.2, 0) is 0 Å². The first-order valence-corrected chi connectivity index (χ1v) is 9.47. The topological polar surface area (TPSA) is 46.1 Å². The smallest absolute Gasteiger partial charge is 0.179 e. The van der Waals surface area contributed by atoms with E-state index in [-0.39, 0.29) is 6.04 Å². The van der Waals surface area contributed by atoms with E-state index >= 15 is 0 Å². The molecule has 1 saturated heterocycles. The largest absolute Gasteiger partial charge is 0.490 e. The van der Waals surface area contributed by atoms with Crippen LogP contribution in [0.5, 0.6) is 11.5 Å². The number of hydrogen-bond donors (Lipinski definition) is 1. The van der Waals surface area contributed by atoms with Gasteiger partial charge in [0.2, 0.25) is 0 Å². The summed E-state index contributed by atoms with van der Waals surface area (Å²) < 4.78 is 11.7. The molecule has 1 aromatic carbocycles. The Morgan fingerprint density at radius 2 is 2.16 bits per heavy atom. The minimum absolute atomic E-state index is 0.133. The summed E-state index contributed by atoms with van der Waals surface area (Å²) in [6.07, 6.45) is 1.02. The Morgan fingerprint density at radius 1 is 1.36 bits per heavy atom. The number of hydrazone groups is 1. The van der Waals surface area contributed by atoms with Crippen LogP contribution in [0.25, 0.3) is 0 Å². The highest BCUT2D eigenvalue weighted by Gasteiger charge is 2.36. The molecule has 1 fully saturated rings. The molecule has 2 aliphatic rings. The van der Waals surface area contributed by atoms with E-state index in [9.17, 15) is 0 Å². The van der Waals surface area contributed by atoms with Crippen LogP contribution in [0, 0.1) is 11.8 Å². The van der Waals surface area contributed by atoms with Crippen LogP contribution in [0.4, 0.5) is 0 Å². The molecule has 0 saturated carbocycles. The third-order valence-corrected chi connectivity index (χ3v) is 4.97. The Kier molecular flexibility index (Phi) is 5.74. The second kappa shape index (κ2) is 7.83. The molecular weight excluding hydrogens is 338 g/mol. The third-order valence-electron chi connectivity index (χ3n) is 4.69. The standard InChI is InChI=1S/C19H28ClN3O2/c1-5-24-17-9-13(8-15(20)19(17)25-11-12(2)3)18-14-10-23(4)7-6-16(14)21-22-18/h8-9,12,14,18,22H,5-7,10-11H2,1-4H3. The first-order valence-electron chi connectivity index (χ1n) is 9.09. The summed E-state index contributed by atoms with van der Waals surface area (Å²) >= 11 is 6.56. The van der Waals surface area contributed by atoms with Crippen LogP contribution in [-0.4, -0.2) is 44.0 Å². The lowest BCUT2D eigenvalue weighted by Gasteiger charge is -2.31. The van der Waals surface area contributed by atoms with Crippen LogP contribution in [0.2, 0.25) is 5.02 Å². The van der Waals surface area contributed by atoms with Crippen molar-refractivity contribution in [3.8, 4) is 11.5 Å². The molecule has 2 heterocycles. The first kappa shape index (κ1) is 18.3. The summed E-state index contributed by atoms with van der Waals surface area (Å²) in [4.78, 5) is 2.36. The molecule has 6 heteroatoms. The number of rotatable bonds is 6. The van der Waals surface area contributed by atoms with Gasteiger partial charge in [0.1, 0.15) is 0 Å². The summed E-state index contributed by atoms with van der Waals surface area (Å²) in [6, 6.07) is 4.17. The normalized spacial score (nSPS) is 23.2. The number of fused-ring (bicyclic) bond motifs is 1. The highest BCUT2D eigenvalue weighted by Crippen LogP contribution is 2.41. The third kappa shape index (κ3) is 4.04. The summed E-state index contributed by atoms with van der Waals surface area (Å²) in [7, 11) is 2.16. The molecule has 2 unspecified atom stereocenters. The van der Waals surface area contributed by atoms with Gasteiger partial charge in [-0.05, 0) is 37.6 Å². The number of nitrogens with zero attached hydrogens (tertiary/aromatic N) is 2. The summed E-state index contributed by atoms with van der Waals surface area (Å²) in [5, 5.41) is 5.16. The predicted molar refractivity (Wildman–Crippen MR) is 102 cm³/mol. The van der Waals surface area contributed by atoms with Crippen molar-refractivity contribution < 1.29 is 9.47 Å². The zero-order chi connectivity index (χ0) is 18.0. The van der Waals surface area contributed by atoms with E-state index in [2.05, 4.69) is 42.4 Å². The summed E-state index contributed by atoms with van der Waals surface area (Å²) in [5.41, 5.74) is 5.67. The highest BCUT2D eigenvalue weighted by atomic mass is 35.5. The highest BCUT2D eigenvalue weighted by molar-refractivity contribution is 6.32. The van der Waals surface area contributed by atoms with E-state index < -0.39 is 0 Å². The van der Waals surface area contributed by atoms with E-state index in [1.165, 1.54) is 5.71 Å². The maximum atomic E-state index is 6.56. The van der Waals surface area contributed by atoms with Crippen LogP contribution in [0.15, 0.2) is 17.2 Å². The van der Waals surface area contributed by atoms with Crippen molar-refractivity contribution in [1.29, 1.82) is 0 Å². The van der Waals surface area contributed by atoms with Crippen molar-refractivity contribution in [2.45, 2.75) is 33.2 Å². The SMILES string of the molecule is CCOc1cc(C2NN=C3CCN(C)CC32)cc(Cl)c1OCC(C)C. The number of benzene rings is 1. The van der Waals surface area contributed by atoms with Crippen molar-refractivity contribution in [3.63, 3.8) is 0 Å². The molecule has 0 aromatic heterocycles. The van der Waals surface area contributed by atoms with Gasteiger partial charge in [-0.1, -0.05) is 25.4 Å². The molecule has 0 bridgehead atoms. The fourth-order valence-electron chi connectivity index (χ4n) is 3.43. The fourth-order valence-corrected chi connectivity index (χ4v) is 3.70. The maximum absolute atomic E-state index is 6.56. The Bertz CT molecular complexity index is 648. The lowest BCUT2D eigenvalue weighted by molar-refractivity contribution is 0.247. The number of hydrogen-bond acceptors (Lipinski definition) is 5. The number of halogens is 1. The van der Waals surface area contributed by atoms with Gasteiger partial charge in [-0.15, -0.1) is 0 Å². The fraction of sp³-hybridized carbons (Fsp3) is 0.632. The van der Waals surface area contributed by atoms with Crippen LogP contribution >= 0.6 is 11.6 Å². The minimum Gasteiger partial charge on any atom is -0.490 e. The van der Waals surface area contributed by atoms with Crippen molar-refractivity contribution in [2.24, 2.45) is 16.9 Å². The molecule has 2 atom stereocenters. The second-order valence-corrected chi connectivity index (χ2v) is 7.70. The first-order chi connectivity index (χ1) is 12.0. The maximum Gasteiger partial charge on any atom is 0.179 e. The Labute approximate surface area is 155 Å². The van der Waals surface area contributed by atoms with Gasteiger partial charge in [-0.2, -0.15) is 5.10 Å². The molecule has 1 N–H and O–H groups in total. The van der Waals surface area contributed by atoms with Gasteiger partial charge in [0.15, 0.2) is 11.5 Å². The lowest BCUT2D eigenvalue weighted by atomic mass is 9.86. The number of piperidine rings is 1. The van der Waals surface area contributed by atoms with E-state index in [1.807, 2.05) is 13.0 Å². The summed E-state index contributed by atoms with van der Waals surface area (Å²) in [5.74, 6) is 2.16. The van der Waals surface area contributed by atoms with Gasteiger partial charge in [-0.25, -0.2) is 0 Å². The van der Waals surface area contributed by atoms with E-state index in [1.54, 1.807) is 0 Å². The van der Waals surface area contributed by atoms with Crippen LogP contribution < -0.4 is 14.9 Å². The Morgan fingerprint density at radius 3 is 2.88 bits per heavy atom. The van der Waals surface area contributed by atoms with Gasteiger partial charge in [0, 0.05) is 31.1 Å². The van der Waals surface area contributed by atoms with Crippen LogP contribution in [0.1, 0.15) is 38.8 Å². The zero-order valence-corrected chi connectivity index (χ0v) is 16.3. The van der Waals surface area contributed by atoms with Crippen LogP contribution in [0.3, 0.4) is 0 Å². The Balaban J connectivity index is 1.87. The zero-order valence-electron chi connectivity index (χ0n) is 15.5. The van der Waals surface area contributed by atoms with Gasteiger partial charge < -0.3 is 19.8 Å². The van der Waals surface area contributed by atoms with Gasteiger partial charge in [0.05, 0.1) is 24.3 Å².